The number of benzene rings is 2. The van der Waals surface area contributed by atoms with Crippen molar-refractivity contribution in [3.8, 4) is 0 Å². The molecular formula is C25H33N2O+. The van der Waals surface area contributed by atoms with Crippen LogP contribution in [0.4, 0.5) is 5.69 Å². The normalized spacial score (nSPS) is 22.3. The Balaban J connectivity index is 1.67. The second kappa shape index (κ2) is 8.08. The number of carbonyl (C=O) groups is 1. The van der Waals surface area contributed by atoms with Gasteiger partial charge in [-0.1, -0.05) is 48.5 Å². The van der Waals surface area contributed by atoms with E-state index in [4.69, 9.17) is 0 Å². The number of hydrogen-bond acceptors (Lipinski definition) is 1. The minimum Gasteiger partial charge on any atom is -0.310 e. The van der Waals surface area contributed by atoms with Crippen molar-refractivity contribution in [1.29, 1.82) is 0 Å². The molecule has 2 aromatic rings. The number of amides is 1. The second-order valence-electron chi connectivity index (χ2n) is 8.76. The Bertz CT molecular complexity index is 803. The molecule has 3 nitrogen and oxygen atoms in total. The molecule has 0 saturated carbocycles. The number of nitrogens with zero attached hydrogens (tertiary/aromatic N) is 2. The zero-order valence-corrected chi connectivity index (χ0v) is 17.4. The predicted octanol–water partition coefficient (Wildman–Crippen LogP) is 5.00. The van der Waals surface area contributed by atoms with E-state index in [1.54, 1.807) is 0 Å². The molecule has 2 heterocycles. The average molecular weight is 378 g/mol. The summed E-state index contributed by atoms with van der Waals surface area (Å²) in [7, 11) is 0. The Kier molecular flexibility index (Phi) is 5.54. The van der Waals surface area contributed by atoms with Crippen molar-refractivity contribution in [1.82, 2.24) is 0 Å². The zero-order valence-electron chi connectivity index (χ0n) is 17.4. The van der Waals surface area contributed by atoms with E-state index in [0.717, 1.165) is 49.2 Å². The van der Waals surface area contributed by atoms with E-state index in [0.29, 0.717) is 5.91 Å². The number of piperidine rings is 2. The van der Waals surface area contributed by atoms with Crippen LogP contribution >= 0.6 is 0 Å². The van der Waals surface area contributed by atoms with Crippen LogP contribution in [0.2, 0.25) is 0 Å². The van der Waals surface area contributed by atoms with Gasteiger partial charge in [0.15, 0.2) is 6.04 Å². The van der Waals surface area contributed by atoms with E-state index in [1.165, 1.54) is 36.0 Å². The lowest BCUT2D eigenvalue weighted by Crippen LogP contribution is -2.64. The van der Waals surface area contributed by atoms with E-state index in [2.05, 4.69) is 67.3 Å². The highest BCUT2D eigenvalue weighted by Crippen LogP contribution is 2.35. The van der Waals surface area contributed by atoms with E-state index in [-0.39, 0.29) is 6.04 Å². The lowest BCUT2D eigenvalue weighted by atomic mass is 9.93. The van der Waals surface area contributed by atoms with Crippen LogP contribution in [0.25, 0.3) is 0 Å². The molecule has 1 atom stereocenters. The third kappa shape index (κ3) is 3.60. The maximum Gasteiger partial charge on any atom is 0.285 e. The van der Waals surface area contributed by atoms with Gasteiger partial charge >= 0.3 is 0 Å². The molecule has 2 fully saturated rings. The molecule has 3 heteroatoms. The minimum atomic E-state index is 0.0910. The van der Waals surface area contributed by atoms with Crippen molar-refractivity contribution >= 4 is 11.6 Å². The fourth-order valence-electron chi connectivity index (χ4n) is 5.49. The zero-order chi connectivity index (χ0) is 19.6. The fourth-order valence-corrected chi connectivity index (χ4v) is 5.49. The van der Waals surface area contributed by atoms with Crippen LogP contribution in [0.3, 0.4) is 0 Å². The van der Waals surface area contributed by atoms with Crippen LogP contribution in [0.15, 0.2) is 48.5 Å². The standard InChI is InChI=1S/C25H33N2O/c1-20-11-9-12-21(2)24(20)26-16-10-15-23(25(26)28)27(17-7-4-8-18-27)19-22-13-5-3-6-14-22/h3,5-6,9,11-14,23H,4,7-8,10,15-19H2,1-2H3/q+1. The molecule has 148 valence electrons. The summed E-state index contributed by atoms with van der Waals surface area (Å²) in [6, 6.07) is 17.2. The van der Waals surface area contributed by atoms with Gasteiger partial charge in [0.05, 0.1) is 13.1 Å². The molecule has 0 bridgehead atoms. The van der Waals surface area contributed by atoms with Gasteiger partial charge in [0.25, 0.3) is 5.91 Å². The summed E-state index contributed by atoms with van der Waals surface area (Å²) in [4.78, 5) is 15.9. The lowest BCUT2D eigenvalue weighted by molar-refractivity contribution is -0.959. The van der Waals surface area contributed by atoms with Gasteiger partial charge in [-0.25, -0.2) is 0 Å². The van der Waals surface area contributed by atoms with E-state index in [9.17, 15) is 4.79 Å². The smallest absolute Gasteiger partial charge is 0.285 e. The van der Waals surface area contributed by atoms with Gasteiger partial charge in [-0.3, -0.25) is 4.79 Å². The number of quaternary nitrogens is 1. The Labute approximate surface area is 169 Å². The van der Waals surface area contributed by atoms with Crippen molar-refractivity contribution < 1.29 is 9.28 Å². The molecule has 0 aliphatic carbocycles. The molecule has 4 rings (SSSR count). The molecule has 28 heavy (non-hydrogen) atoms. The van der Waals surface area contributed by atoms with E-state index in [1.807, 2.05) is 0 Å². The largest absolute Gasteiger partial charge is 0.310 e. The van der Waals surface area contributed by atoms with Crippen LogP contribution < -0.4 is 4.90 Å². The average Bonchev–Trinajstić information content (AvgIpc) is 2.70. The summed E-state index contributed by atoms with van der Waals surface area (Å²) in [6.07, 6.45) is 5.89. The molecule has 1 unspecified atom stereocenters. The van der Waals surface area contributed by atoms with Gasteiger partial charge in [-0.05, 0) is 50.7 Å². The van der Waals surface area contributed by atoms with Crippen LogP contribution in [-0.4, -0.2) is 36.1 Å². The summed E-state index contributed by atoms with van der Waals surface area (Å²) in [5.41, 5.74) is 4.93. The van der Waals surface area contributed by atoms with Gasteiger partial charge in [0, 0.05) is 24.2 Å². The summed E-state index contributed by atoms with van der Waals surface area (Å²) in [5.74, 6) is 0.349. The van der Waals surface area contributed by atoms with E-state index < -0.39 is 0 Å². The van der Waals surface area contributed by atoms with Crippen LogP contribution in [0, 0.1) is 13.8 Å². The highest BCUT2D eigenvalue weighted by Gasteiger charge is 2.46. The Morgan fingerprint density at radius 3 is 2.25 bits per heavy atom. The van der Waals surface area contributed by atoms with Gasteiger partial charge in [-0.15, -0.1) is 0 Å². The lowest BCUT2D eigenvalue weighted by Gasteiger charge is -2.49. The molecule has 2 aliphatic rings. The number of para-hydroxylation sites is 1. The van der Waals surface area contributed by atoms with Crippen molar-refractivity contribution in [2.45, 2.75) is 58.5 Å². The van der Waals surface area contributed by atoms with Crippen molar-refractivity contribution in [2.75, 3.05) is 24.5 Å². The second-order valence-corrected chi connectivity index (χ2v) is 8.76. The molecule has 1 amide bonds. The monoisotopic (exact) mass is 377 g/mol. The number of likely N-dealkylation sites (tertiary alicyclic amines) is 1. The van der Waals surface area contributed by atoms with Gasteiger partial charge in [0.1, 0.15) is 6.54 Å². The SMILES string of the molecule is Cc1cccc(C)c1N1CCCC([N+]2(Cc3ccccc3)CCCCC2)C1=O. The summed E-state index contributed by atoms with van der Waals surface area (Å²) in [6.45, 7) is 8.37. The Hall–Kier alpha value is -2.13. The first-order valence-electron chi connectivity index (χ1n) is 10.9. The Morgan fingerprint density at radius 1 is 0.893 bits per heavy atom. The number of hydrogen-bond donors (Lipinski definition) is 0. The van der Waals surface area contributed by atoms with E-state index >= 15 is 0 Å². The highest BCUT2D eigenvalue weighted by molar-refractivity contribution is 5.98. The van der Waals surface area contributed by atoms with Crippen molar-refractivity contribution in [3.63, 3.8) is 0 Å². The van der Waals surface area contributed by atoms with Crippen LogP contribution in [-0.2, 0) is 11.3 Å². The molecule has 2 saturated heterocycles. The number of aryl methyl sites for hydroxylation is 2. The molecule has 0 aromatic heterocycles. The topological polar surface area (TPSA) is 20.3 Å². The number of carbonyl (C=O) groups excluding carboxylic acids is 1. The first kappa shape index (κ1) is 19.2. The van der Waals surface area contributed by atoms with Crippen molar-refractivity contribution in [3.05, 3.63) is 65.2 Å². The van der Waals surface area contributed by atoms with Crippen LogP contribution in [0.5, 0.6) is 0 Å². The first-order chi connectivity index (χ1) is 13.6. The number of anilines is 1. The van der Waals surface area contributed by atoms with Gasteiger partial charge in [-0.2, -0.15) is 0 Å². The third-order valence-corrected chi connectivity index (χ3v) is 6.83. The van der Waals surface area contributed by atoms with Gasteiger partial charge < -0.3 is 9.38 Å². The van der Waals surface area contributed by atoms with Crippen molar-refractivity contribution in [2.24, 2.45) is 0 Å². The first-order valence-corrected chi connectivity index (χ1v) is 10.9. The highest BCUT2D eigenvalue weighted by atomic mass is 16.2. The summed E-state index contributed by atoms with van der Waals surface area (Å²) in [5, 5.41) is 0. The third-order valence-electron chi connectivity index (χ3n) is 6.83. The quantitative estimate of drug-likeness (QED) is 0.687. The minimum absolute atomic E-state index is 0.0910. The van der Waals surface area contributed by atoms with Crippen LogP contribution in [0.1, 0.15) is 48.8 Å². The Morgan fingerprint density at radius 2 is 1.57 bits per heavy atom. The molecule has 0 radical (unpaired) electrons. The molecule has 0 N–H and O–H groups in total. The molecular weight excluding hydrogens is 344 g/mol. The number of rotatable bonds is 4. The fraction of sp³-hybridized carbons (Fsp3) is 0.480. The molecule has 0 spiro atoms. The van der Waals surface area contributed by atoms with Gasteiger partial charge in [0.2, 0.25) is 0 Å². The maximum absolute atomic E-state index is 13.8. The summed E-state index contributed by atoms with van der Waals surface area (Å²) >= 11 is 0. The molecule has 2 aliphatic heterocycles. The summed E-state index contributed by atoms with van der Waals surface area (Å²) < 4.78 is 0.949. The molecule has 2 aromatic carbocycles. The predicted molar refractivity (Wildman–Crippen MR) is 115 cm³/mol. The maximum atomic E-state index is 13.8.